The van der Waals surface area contributed by atoms with Crippen LogP contribution in [0.25, 0.3) is 5.69 Å². The molecule has 5 heteroatoms. The van der Waals surface area contributed by atoms with Gasteiger partial charge in [-0.1, -0.05) is 18.2 Å². The van der Waals surface area contributed by atoms with Gasteiger partial charge in [0.1, 0.15) is 5.72 Å². The second-order valence-corrected chi connectivity index (χ2v) is 2.86. The summed E-state index contributed by atoms with van der Waals surface area (Å²) in [4.78, 5) is 3.86. The van der Waals surface area contributed by atoms with E-state index in [4.69, 9.17) is 10.0 Å². The molecule has 0 saturated carbocycles. The van der Waals surface area contributed by atoms with Crippen LogP contribution in [0.3, 0.4) is 0 Å². The molecule has 0 unspecified atom stereocenters. The number of rotatable bonds is 2. The number of benzene rings is 1. The second-order valence-electron chi connectivity index (χ2n) is 2.86. The molecule has 4 nitrogen and oxygen atoms in total. The maximum Gasteiger partial charge on any atom is 0.526 e. The largest absolute Gasteiger partial charge is 0.526 e. The average molecular weight is 188 g/mol. The van der Waals surface area contributed by atoms with Crippen LogP contribution >= 0.6 is 0 Å². The summed E-state index contributed by atoms with van der Waals surface area (Å²) in [6.45, 7) is 0. The van der Waals surface area contributed by atoms with Crippen LogP contribution in [0, 0.1) is 0 Å². The van der Waals surface area contributed by atoms with E-state index in [9.17, 15) is 0 Å². The van der Waals surface area contributed by atoms with Gasteiger partial charge in [0.05, 0.1) is 0 Å². The zero-order chi connectivity index (χ0) is 9.97. The van der Waals surface area contributed by atoms with Gasteiger partial charge in [0, 0.05) is 18.1 Å². The van der Waals surface area contributed by atoms with Crippen molar-refractivity contribution >= 4 is 12.8 Å². The van der Waals surface area contributed by atoms with Gasteiger partial charge in [0.25, 0.3) is 0 Å². The van der Waals surface area contributed by atoms with Crippen LogP contribution in [0.15, 0.2) is 42.7 Å². The lowest BCUT2D eigenvalue weighted by Gasteiger charge is -2.05. The van der Waals surface area contributed by atoms with E-state index >= 15 is 0 Å². The first kappa shape index (κ1) is 8.99. The number of hydrogen-bond acceptors (Lipinski definition) is 3. The topological polar surface area (TPSA) is 58.3 Å². The highest BCUT2D eigenvalue weighted by atomic mass is 16.4. The number of aromatic nitrogens is 2. The normalized spacial score (nSPS) is 10.1. The Morgan fingerprint density at radius 1 is 1.14 bits per heavy atom. The predicted molar refractivity (Wildman–Crippen MR) is 53.4 cm³/mol. The van der Waals surface area contributed by atoms with Gasteiger partial charge in [-0.05, 0) is 12.1 Å². The van der Waals surface area contributed by atoms with E-state index in [2.05, 4.69) is 4.98 Å². The minimum Gasteiger partial charge on any atom is -0.421 e. The fraction of sp³-hybridized carbons (Fsp3) is 0. The van der Waals surface area contributed by atoms with Gasteiger partial charge in [0.15, 0.2) is 0 Å². The predicted octanol–water partition coefficient (Wildman–Crippen LogP) is -0.448. The van der Waals surface area contributed by atoms with E-state index in [1.165, 1.54) is 6.20 Å². The molecule has 0 bridgehead atoms. The van der Waals surface area contributed by atoms with Crippen LogP contribution in [0.2, 0.25) is 0 Å². The Labute approximate surface area is 81.6 Å². The molecule has 0 spiro atoms. The van der Waals surface area contributed by atoms with Crippen LogP contribution in [0.1, 0.15) is 0 Å². The fourth-order valence-corrected chi connectivity index (χ4v) is 1.31. The lowest BCUT2D eigenvalue weighted by atomic mass is 9.90. The van der Waals surface area contributed by atoms with Crippen LogP contribution in [-0.4, -0.2) is 26.7 Å². The van der Waals surface area contributed by atoms with E-state index in [1.54, 1.807) is 10.8 Å². The molecule has 0 aliphatic heterocycles. The summed E-state index contributed by atoms with van der Waals surface area (Å²) in [7, 11) is -1.55. The summed E-state index contributed by atoms with van der Waals surface area (Å²) in [5.41, 5.74) is 1.07. The summed E-state index contributed by atoms with van der Waals surface area (Å²) in [5, 5.41) is 18.1. The highest BCUT2D eigenvalue weighted by Gasteiger charge is 2.18. The number of hydrogen-bond donors (Lipinski definition) is 2. The Bertz CT molecular complexity index is 414. The Morgan fingerprint density at radius 2 is 1.86 bits per heavy atom. The maximum atomic E-state index is 9.03. The molecular weight excluding hydrogens is 179 g/mol. The van der Waals surface area contributed by atoms with Crippen molar-refractivity contribution in [2.45, 2.75) is 0 Å². The maximum absolute atomic E-state index is 9.03. The Balaban J connectivity index is 2.47. The molecular formula is C9H9BN2O2. The van der Waals surface area contributed by atoms with Crippen molar-refractivity contribution in [2.24, 2.45) is 0 Å². The molecule has 70 valence electrons. The molecule has 1 aromatic heterocycles. The Hall–Kier alpha value is -1.59. The van der Waals surface area contributed by atoms with E-state index in [0.29, 0.717) is 0 Å². The molecule has 2 aromatic rings. The van der Waals surface area contributed by atoms with Gasteiger partial charge in [-0.15, -0.1) is 0 Å². The lowest BCUT2D eigenvalue weighted by Crippen LogP contribution is -2.37. The zero-order valence-electron chi connectivity index (χ0n) is 7.41. The molecule has 1 aromatic carbocycles. The van der Waals surface area contributed by atoms with Crippen molar-refractivity contribution in [1.29, 1.82) is 0 Å². The fourth-order valence-electron chi connectivity index (χ4n) is 1.31. The summed E-state index contributed by atoms with van der Waals surface area (Å²) >= 11 is 0. The number of imidazole rings is 1. The van der Waals surface area contributed by atoms with Crippen molar-refractivity contribution < 1.29 is 10.0 Å². The van der Waals surface area contributed by atoms with Gasteiger partial charge in [-0.25, -0.2) is 4.98 Å². The van der Waals surface area contributed by atoms with E-state index in [0.717, 1.165) is 5.69 Å². The average Bonchev–Trinajstić information content (AvgIpc) is 2.67. The standard InChI is InChI=1S/C9H9BN2O2/c13-10(14)9-11-6-7-12(9)8-4-2-1-3-5-8/h1-7,13-14H. The van der Waals surface area contributed by atoms with Crippen LogP contribution in [0.5, 0.6) is 0 Å². The zero-order valence-corrected chi connectivity index (χ0v) is 7.41. The molecule has 1 heterocycles. The van der Waals surface area contributed by atoms with Gasteiger partial charge in [0.2, 0.25) is 0 Å². The molecule has 0 amide bonds. The summed E-state index contributed by atoms with van der Waals surface area (Å²) in [6, 6.07) is 9.39. The first-order valence-corrected chi connectivity index (χ1v) is 4.24. The van der Waals surface area contributed by atoms with Crippen molar-refractivity contribution in [3.63, 3.8) is 0 Å². The van der Waals surface area contributed by atoms with Crippen molar-refractivity contribution in [1.82, 2.24) is 9.55 Å². The smallest absolute Gasteiger partial charge is 0.421 e. The number of nitrogens with zero attached hydrogens (tertiary/aromatic N) is 2. The van der Waals surface area contributed by atoms with E-state index in [1.807, 2.05) is 30.3 Å². The minimum atomic E-state index is -1.55. The molecule has 2 N–H and O–H groups in total. The van der Waals surface area contributed by atoms with Crippen LogP contribution in [-0.2, 0) is 0 Å². The molecule has 0 aliphatic rings. The summed E-state index contributed by atoms with van der Waals surface area (Å²) in [6.07, 6.45) is 3.21. The molecule has 14 heavy (non-hydrogen) atoms. The van der Waals surface area contributed by atoms with Crippen molar-refractivity contribution in [3.05, 3.63) is 42.7 Å². The quantitative estimate of drug-likeness (QED) is 0.627. The third-order valence-corrected chi connectivity index (χ3v) is 1.93. The number of para-hydroxylation sites is 1. The first-order chi connectivity index (χ1) is 6.79. The van der Waals surface area contributed by atoms with Gasteiger partial charge in [-0.3, -0.25) is 0 Å². The molecule has 0 atom stereocenters. The second kappa shape index (κ2) is 3.65. The van der Waals surface area contributed by atoms with E-state index in [-0.39, 0.29) is 5.72 Å². The van der Waals surface area contributed by atoms with Crippen LogP contribution < -0.4 is 5.72 Å². The summed E-state index contributed by atoms with van der Waals surface area (Å²) in [5.74, 6) is 0. The van der Waals surface area contributed by atoms with Gasteiger partial charge < -0.3 is 14.6 Å². The van der Waals surface area contributed by atoms with Crippen molar-refractivity contribution in [3.8, 4) is 5.69 Å². The lowest BCUT2D eigenvalue weighted by molar-refractivity contribution is 0.422. The monoisotopic (exact) mass is 188 g/mol. The van der Waals surface area contributed by atoms with Crippen LogP contribution in [0.4, 0.5) is 0 Å². The molecule has 0 aliphatic carbocycles. The Kier molecular flexibility index (Phi) is 2.34. The SMILES string of the molecule is OB(O)c1nccn1-c1ccccc1. The van der Waals surface area contributed by atoms with Crippen molar-refractivity contribution in [2.75, 3.05) is 0 Å². The minimum absolute atomic E-state index is 0.219. The third kappa shape index (κ3) is 1.55. The molecule has 2 rings (SSSR count). The third-order valence-electron chi connectivity index (χ3n) is 1.93. The summed E-state index contributed by atoms with van der Waals surface area (Å²) < 4.78 is 1.63. The van der Waals surface area contributed by atoms with E-state index < -0.39 is 7.12 Å². The highest BCUT2D eigenvalue weighted by Crippen LogP contribution is 2.04. The molecule has 0 radical (unpaired) electrons. The highest BCUT2D eigenvalue weighted by molar-refractivity contribution is 6.56. The first-order valence-electron chi connectivity index (χ1n) is 4.24. The van der Waals surface area contributed by atoms with Gasteiger partial charge in [-0.2, -0.15) is 0 Å². The molecule has 0 fully saturated rings. The Morgan fingerprint density at radius 3 is 2.50 bits per heavy atom. The van der Waals surface area contributed by atoms with Gasteiger partial charge >= 0.3 is 7.12 Å². The molecule has 0 saturated heterocycles.